The Labute approximate surface area is 104 Å². The molecule has 0 aromatic heterocycles. The third-order valence-corrected chi connectivity index (χ3v) is 2.47. The summed E-state index contributed by atoms with van der Waals surface area (Å²) in [6.45, 7) is 8.23. The first-order valence-electron chi connectivity index (χ1n) is 6.46. The van der Waals surface area contributed by atoms with Gasteiger partial charge in [0.15, 0.2) is 0 Å². The Morgan fingerprint density at radius 2 is 2.06 bits per heavy atom. The molecule has 0 radical (unpaired) electrons. The van der Waals surface area contributed by atoms with Crippen molar-refractivity contribution in [2.45, 2.75) is 45.6 Å². The summed E-state index contributed by atoms with van der Waals surface area (Å²) in [4.78, 5) is 11.4. The van der Waals surface area contributed by atoms with Crippen LogP contribution < -0.4 is 5.32 Å². The average molecular weight is 243 g/mol. The molecule has 1 aliphatic carbocycles. The Hall–Kier alpha value is -0.610. The van der Waals surface area contributed by atoms with Gasteiger partial charge >= 0.3 is 0 Å². The molecular weight excluding hydrogens is 218 g/mol. The summed E-state index contributed by atoms with van der Waals surface area (Å²) in [5.41, 5.74) is -0.259. The molecule has 0 bridgehead atoms. The van der Waals surface area contributed by atoms with Crippen LogP contribution in [0.15, 0.2) is 0 Å². The minimum atomic E-state index is -0.259. The first-order valence-corrected chi connectivity index (χ1v) is 6.46. The van der Waals surface area contributed by atoms with Gasteiger partial charge in [0.25, 0.3) is 0 Å². The van der Waals surface area contributed by atoms with Gasteiger partial charge < -0.3 is 14.8 Å². The Morgan fingerprint density at radius 1 is 1.35 bits per heavy atom. The van der Waals surface area contributed by atoms with Crippen molar-refractivity contribution in [3.05, 3.63) is 0 Å². The van der Waals surface area contributed by atoms with E-state index >= 15 is 0 Å². The van der Waals surface area contributed by atoms with Gasteiger partial charge in [-0.3, -0.25) is 4.79 Å². The lowest BCUT2D eigenvalue weighted by Gasteiger charge is -2.18. The molecule has 17 heavy (non-hydrogen) atoms. The van der Waals surface area contributed by atoms with E-state index in [1.165, 1.54) is 12.8 Å². The first-order chi connectivity index (χ1) is 7.97. The highest BCUT2D eigenvalue weighted by Crippen LogP contribution is 2.28. The third-order valence-electron chi connectivity index (χ3n) is 2.47. The summed E-state index contributed by atoms with van der Waals surface area (Å²) in [6.07, 6.45) is 3.51. The first kappa shape index (κ1) is 14.5. The fourth-order valence-electron chi connectivity index (χ4n) is 1.27. The molecule has 4 nitrogen and oxygen atoms in total. The molecule has 0 aromatic rings. The highest BCUT2D eigenvalue weighted by Gasteiger charge is 2.20. The zero-order chi connectivity index (χ0) is 12.7. The zero-order valence-electron chi connectivity index (χ0n) is 11.3. The summed E-state index contributed by atoms with van der Waals surface area (Å²) in [7, 11) is 0. The van der Waals surface area contributed by atoms with Gasteiger partial charge in [-0.2, -0.15) is 0 Å². The smallest absolute Gasteiger partial charge is 0.246 e. The van der Waals surface area contributed by atoms with Crippen molar-refractivity contribution in [3.8, 4) is 0 Å². The van der Waals surface area contributed by atoms with E-state index in [4.69, 9.17) is 9.47 Å². The standard InChI is InChI=1S/C13H25NO3/c1-13(2,3)17-10-12(15)14-7-4-8-16-9-11-5-6-11/h11H,4-10H2,1-3H3,(H,14,15). The van der Waals surface area contributed by atoms with E-state index < -0.39 is 0 Å². The molecular formula is C13H25NO3. The second-order valence-corrected chi connectivity index (χ2v) is 5.62. The second-order valence-electron chi connectivity index (χ2n) is 5.62. The summed E-state index contributed by atoms with van der Waals surface area (Å²) in [5, 5.41) is 2.82. The fraction of sp³-hybridized carbons (Fsp3) is 0.923. The number of carbonyl (C=O) groups excluding carboxylic acids is 1. The highest BCUT2D eigenvalue weighted by atomic mass is 16.5. The Bertz CT molecular complexity index is 231. The molecule has 1 fully saturated rings. The monoisotopic (exact) mass is 243 g/mol. The molecule has 0 heterocycles. The summed E-state index contributed by atoms with van der Waals surface area (Å²) >= 11 is 0. The predicted molar refractivity (Wildman–Crippen MR) is 66.9 cm³/mol. The molecule has 0 aromatic carbocycles. The summed E-state index contributed by atoms with van der Waals surface area (Å²) in [5.74, 6) is 0.756. The quantitative estimate of drug-likeness (QED) is 0.660. The van der Waals surface area contributed by atoms with E-state index in [0.717, 1.165) is 25.6 Å². The Morgan fingerprint density at radius 3 is 2.65 bits per heavy atom. The summed E-state index contributed by atoms with van der Waals surface area (Å²) < 4.78 is 10.8. The lowest BCUT2D eigenvalue weighted by Crippen LogP contribution is -2.32. The molecule has 0 aliphatic heterocycles. The van der Waals surface area contributed by atoms with Gasteiger partial charge in [0.1, 0.15) is 6.61 Å². The fourth-order valence-corrected chi connectivity index (χ4v) is 1.27. The maximum atomic E-state index is 11.4. The van der Waals surface area contributed by atoms with E-state index in [1.807, 2.05) is 20.8 Å². The average Bonchev–Trinajstić information content (AvgIpc) is 3.03. The van der Waals surface area contributed by atoms with Crippen LogP contribution in [0, 0.1) is 5.92 Å². The van der Waals surface area contributed by atoms with Gasteiger partial charge in [0.2, 0.25) is 5.91 Å². The topological polar surface area (TPSA) is 47.6 Å². The molecule has 0 unspecified atom stereocenters. The van der Waals surface area contributed by atoms with Crippen LogP contribution in [0.1, 0.15) is 40.0 Å². The summed E-state index contributed by atoms with van der Waals surface area (Å²) in [6, 6.07) is 0. The maximum absolute atomic E-state index is 11.4. The lowest BCUT2D eigenvalue weighted by molar-refractivity contribution is -0.130. The van der Waals surface area contributed by atoms with Crippen molar-refractivity contribution in [2.24, 2.45) is 5.92 Å². The van der Waals surface area contributed by atoms with Gasteiger partial charge in [-0.05, 0) is 46.0 Å². The van der Waals surface area contributed by atoms with E-state index in [9.17, 15) is 4.79 Å². The molecule has 1 saturated carbocycles. The SMILES string of the molecule is CC(C)(C)OCC(=O)NCCCOCC1CC1. The van der Waals surface area contributed by atoms with E-state index in [-0.39, 0.29) is 18.1 Å². The van der Waals surface area contributed by atoms with Crippen LogP contribution in [0.2, 0.25) is 0 Å². The van der Waals surface area contributed by atoms with Crippen LogP contribution in [0.3, 0.4) is 0 Å². The molecule has 100 valence electrons. The normalized spacial score (nSPS) is 15.9. The lowest BCUT2D eigenvalue weighted by atomic mass is 10.2. The van der Waals surface area contributed by atoms with Crippen molar-refractivity contribution in [3.63, 3.8) is 0 Å². The van der Waals surface area contributed by atoms with Gasteiger partial charge in [0, 0.05) is 19.8 Å². The van der Waals surface area contributed by atoms with Crippen molar-refractivity contribution in [1.82, 2.24) is 5.32 Å². The van der Waals surface area contributed by atoms with Crippen LogP contribution >= 0.6 is 0 Å². The Kier molecular flexibility index (Phi) is 5.92. The molecule has 4 heteroatoms. The van der Waals surface area contributed by atoms with Gasteiger partial charge in [-0.25, -0.2) is 0 Å². The molecule has 0 spiro atoms. The highest BCUT2D eigenvalue weighted by molar-refractivity contribution is 5.77. The van der Waals surface area contributed by atoms with Gasteiger partial charge in [0.05, 0.1) is 5.60 Å². The zero-order valence-corrected chi connectivity index (χ0v) is 11.3. The number of rotatable bonds is 8. The number of hydrogen-bond donors (Lipinski definition) is 1. The maximum Gasteiger partial charge on any atom is 0.246 e. The minimum absolute atomic E-state index is 0.0536. The molecule has 0 atom stereocenters. The molecule has 1 rings (SSSR count). The minimum Gasteiger partial charge on any atom is -0.381 e. The largest absolute Gasteiger partial charge is 0.381 e. The predicted octanol–water partition coefficient (Wildman–Crippen LogP) is 1.73. The van der Waals surface area contributed by atoms with Crippen molar-refractivity contribution < 1.29 is 14.3 Å². The number of amides is 1. The van der Waals surface area contributed by atoms with Crippen LogP contribution in [0.4, 0.5) is 0 Å². The number of nitrogens with one attached hydrogen (secondary N) is 1. The van der Waals surface area contributed by atoms with Crippen LogP contribution in [-0.2, 0) is 14.3 Å². The second kappa shape index (κ2) is 6.97. The molecule has 1 aliphatic rings. The van der Waals surface area contributed by atoms with E-state index in [2.05, 4.69) is 5.32 Å². The molecule has 0 saturated heterocycles. The van der Waals surface area contributed by atoms with Gasteiger partial charge in [-0.15, -0.1) is 0 Å². The molecule has 1 amide bonds. The number of hydrogen-bond acceptors (Lipinski definition) is 3. The Balaban J connectivity index is 1.85. The third kappa shape index (κ3) is 9.12. The number of carbonyl (C=O) groups is 1. The van der Waals surface area contributed by atoms with E-state index in [1.54, 1.807) is 0 Å². The van der Waals surface area contributed by atoms with Crippen molar-refractivity contribution in [2.75, 3.05) is 26.4 Å². The molecule has 1 N–H and O–H groups in total. The number of ether oxygens (including phenoxy) is 2. The van der Waals surface area contributed by atoms with E-state index in [0.29, 0.717) is 6.54 Å². The van der Waals surface area contributed by atoms with Crippen LogP contribution in [-0.4, -0.2) is 37.9 Å². The van der Waals surface area contributed by atoms with Gasteiger partial charge in [-0.1, -0.05) is 0 Å². The van der Waals surface area contributed by atoms with Crippen LogP contribution in [0.5, 0.6) is 0 Å². The van der Waals surface area contributed by atoms with Crippen molar-refractivity contribution in [1.29, 1.82) is 0 Å². The van der Waals surface area contributed by atoms with Crippen molar-refractivity contribution >= 4 is 5.91 Å². The van der Waals surface area contributed by atoms with Crippen LogP contribution in [0.25, 0.3) is 0 Å².